The number of nitrogens with one attached hydrogen (secondary N) is 2. The molecule has 1 aliphatic carbocycles. The van der Waals surface area contributed by atoms with Crippen molar-refractivity contribution in [3.8, 4) is 0 Å². The standard InChI is InChI=1S/C29H48ClN5O2.ClH/c1-33(37-2)20-21-35(26-6-4-3-5-7-26)27-14-18-34(19-15-27)29(36)28(32-25-12-16-31-17-13-25)22-23-8-10-24(30)11-9-23;/h8-11,25-28,31-32H,3-7,12-22H2,1-2H3;1H/t28-;/m1./s1. The lowest BCUT2D eigenvalue weighted by molar-refractivity contribution is -0.136. The van der Waals surface area contributed by atoms with E-state index in [9.17, 15) is 4.79 Å². The number of likely N-dealkylation sites (tertiary alicyclic amines) is 1. The van der Waals surface area contributed by atoms with Gasteiger partial charge in [-0.15, -0.1) is 12.4 Å². The monoisotopic (exact) mass is 569 g/mol. The van der Waals surface area contributed by atoms with Crippen LogP contribution in [-0.2, 0) is 16.1 Å². The number of hydrogen-bond donors (Lipinski definition) is 2. The predicted molar refractivity (Wildman–Crippen MR) is 158 cm³/mol. The molecule has 1 aromatic carbocycles. The molecule has 0 spiro atoms. The molecule has 7 nitrogen and oxygen atoms in total. The number of carbonyl (C=O) groups is 1. The lowest BCUT2D eigenvalue weighted by atomic mass is 9.91. The number of hydroxylamine groups is 2. The highest BCUT2D eigenvalue weighted by Crippen LogP contribution is 2.28. The minimum atomic E-state index is -0.189. The van der Waals surface area contributed by atoms with Crippen molar-refractivity contribution < 1.29 is 9.63 Å². The Balaban J connectivity index is 0.00000400. The van der Waals surface area contributed by atoms with Crippen LogP contribution in [0.4, 0.5) is 0 Å². The van der Waals surface area contributed by atoms with E-state index in [2.05, 4.69) is 32.6 Å². The number of amides is 1. The average molecular weight is 571 g/mol. The number of rotatable bonds is 11. The summed E-state index contributed by atoms with van der Waals surface area (Å²) in [6.45, 7) is 5.66. The maximum absolute atomic E-state index is 13.9. The first-order chi connectivity index (χ1) is 18.0. The molecule has 2 aliphatic heterocycles. The first kappa shape index (κ1) is 31.6. The van der Waals surface area contributed by atoms with Crippen LogP contribution in [0.2, 0.25) is 5.02 Å². The zero-order valence-corrected chi connectivity index (χ0v) is 24.9. The molecule has 1 saturated carbocycles. The summed E-state index contributed by atoms with van der Waals surface area (Å²) < 4.78 is 0. The third-order valence-corrected chi connectivity index (χ3v) is 8.95. The second-order valence-electron chi connectivity index (χ2n) is 11.2. The highest BCUT2D eigenvalue weighted by molar-refractivity contribution is 6.30. The van der Waals surface area contributed by atoms with E-state index in [1.54, 1.807) is 7.11 Å². The molecule has 9 heteroatoms. The third-order valence-electron chi connectivity index (χ3n) is 8.70. The van der Waals surface area contributed by atoms with Crippen LogP contribution in [0.5, 0.6) is 0 Å². The molecular weight excluding hydrogens is 521 g/mol. The fraction of sp³-hybridized carbons (Fsp3) is 0.759. The van der Waals surface area contributed by atoms with Crippen molar-refractivity contribution in [1.82, 2.24) is 25.5 Å². The molecular formula is C29H49Cl2N5O2. The van der Waals surface area contributed by atoms with Gasteiger partial charge in [-0.05, 0) is 75.7 Å². The van der Waals surface area contributed by atoms with Crippen molar-refractivity contribution in [2.75, 3.05) is 53.4 Å². The Labute approximate surface area is 241 Å². The number of hydrogen-bond acceptors (Lipinski definition) is 6. The highest BCUT2D eigenvalue weighted by atomic mass is 35.5. The molecule has 4 rings (SSSR count). The highest BCUT2D eigenvalue weighted by Gasteiger charge is 2.34. The van der Waals surface area contributed by atoms with Gasteiger partial charge in [0.25, 0.3) is 0 Å². The normalized spacial score (nSPS) is 21.0. The van der Waals surface area contributed by atoms with Crippen LogP contribution >= 0.6 is 24.0 Å². The molecule has 1 amide bonds. The molecule has 1 atom stereocenters. The fourth-order valence-electron chi connectivity index (χ4n) is 6.41. The maximum Gasteiger partial charge on any atom is 0.240 e. The second-order valence-corrected chi connectivity index (χ2v) is 11.6. The van der Waals surface area contributed by atoms with Gasteiger partial charge in [-0.1, -0.05) is 43.0 Å². The number of benzene rings is 1. The van der Waals surface area contributed by atoms with E-state index >= 15 is 0 Å². The van der Waals surface area contributed by atoms with Gasteiger partial charge >= 0.3 is 0 Å². The van der Waals surface area contributed by atoms with Crippen LogP contribution < -0.4 is 10.6 Å². The van der Waals surface area contributed by atoms with Crippen LogP contribution in [0, 0.1) is 0 Å². The summed E-state index contributed by atoms with van der Waals surface area (Å²) in [6, 6.07) is 9.38. The summed E-state index contributed by atoms with van der Waals surface area (Å²) in [7, 11) is 3.75. The van der Waals surface area contributed by atoms with E-state index in [-0.39, 0.29) is 24.4 Å². The topological polar surface area (TPSA) is 60.1 Å². The molecule has 0 aromatic heterocycles. The fourth-order valence-corrected chi connectivity index (χ4v) is 6.53. The van der Waals surface area contributed by atoms with Gasteiger partial charge < -0.3 is 20.4 Å². The number of carbonyl (C=O) groups excluding carboxylic acids is 1. The summed E-state index contributed by atoms with van der Waals surface area (Å²) in [5, 5.41) is 9.85. The summed E-state index contributed by atoms with van der Waals surface area (Å²) in [4.78, 5) is 24.2. The lowest BCUT2D eigenvalue weighted by Crippen LogP contribution is -2.57. The minimum Gasteiger partial charge on any atom is -0.341 e. The molecule has 2 saturated heterocycles. The van der Waals surface area contributed by atoms with Crippen molar-refractivity contribution in [1.29, 1.82) is 0 Å². The second kappa shape index (κ2) is 16.4. The summed E-state index contributed by atoms with van der Waals surface area (Å²) in [5.74, 6) is 0.260. The zero-order valence-electron chi connectivity index (χ0n) is 23.4. The molecule has 0 radical (unpaired) electrons. The van der Waals surface area contributed by atoms with Gasteiger partial charge in [-0.25, -0.2) is 0 Å². The van der Waals surface area contributed by atoms with Gasteiger partial charge in [-0.2, -0.15) is 5.06 Å². The van der Waals surface area contributed by atoms with Crippen LogP contribution in [0.3, 0.4) is 0 Å². The Bertz CT molecular complexity index is 810. The first-order valence-corrected chi connectivity index (χ1v) is 14.9. The van der Waals surface area contributed by atoms with E-state index in [0.29, 0.717) is 24.5 Å². The Morgan fingerprint density at radius 2 is 1.66 bits per heavy atom. The quantitative estimate of drug-likeness (QED) is 0.391. The summed E-state index contributed by atoms with van der Waals surface area (Å²) in [5.41, 5.74) is 1.16. The van der Waals surface area contributed by atoms with Crippen molar-refractivity contribution >= 4 is 29.9 Å². The van der Waals surface area contributed by atoms with Crippen molar-refractivity contribution in [3.05, 3.63) is 34.9 Å². The molecule has 2 N–H and O–H groups in total. The molecule has 216 valence electrons. The van der Waals surface area contributed by atoms with Gasteiger partial charge in [0.05, 0.1) is 13.2 Å². The zero-order chi connectivity index (χ0) is 26.0. The lowest BCUT2D eigenvalue weighted by Gasteiger charge is -2.44. The summed E-state index contributed by atoms with van der Waals surface area (Å²) >= 11 is 6.12. The van der Waals surface area contributed by atoms with E-state index in [4.69, 9.17) is 16.4 Å². The summed E-state index contributed by atoms with van der Waals surface area (Å²) in [6.07, 6.45) is 11.6. The average Bonchev–Trinajstić information content (AvgIpc) is 2.95. The largest absolute Gasteiger partial charge is 0.341 e. The Morgan fingerprint density at radius 3 is 2.29 bits per heavy atom. The van der Waals surface area contributed by atoms with Crippen molar-refractivity contribution in [2.24, 2.45) is 0 Å². The van der Waals surface area contributed by atoms with Gasteiger partial charge in [0.15, 0.2) is 0 Å². The van der Waals surface area contributed by atoms with E-state index in [0.717, 1.165) is 75.5 Å². The van der Waals surface area contributed by atoms with E-state index in [1.807, 2.05) is 24.2 Å². The molecule has 2 heterocycles. The van der Waals surface area contributed by atoms with E-state index < -0.39 is 0 Å². The third kappa shape index (κ3) is 9.33. The van der Waals surface area contributed by atoms with E-state index in [1.165, 1.54) is 32.1 Å². The Kier molecular flexibility index (Phi) is 13.6. The van der Waals surface area contributed by atoms with Crippen LogP contribution in [-0.4, -0.2) is 98.4 Å². The molecule has 0 bridgehead atoms. The van der Waals surface area contributed by atoms with Gasteiger partial charge in [0.1, 0.15) is 0 Å². The SMILES string of the molecule is CON(C)CCN(C1CCCCC1)C1CCN(C(=O)[C@@H](Cc2ccc(Cl)cc2)NC2CCNCC2)CC1.Cl. The molecule has 1 aromatic rings. The molecule has 3 aliphatic rings. The number of likely N-dealkylation sites (N-methyl/N-ethyl adjacent to an activating group) is 1. The van der Waals surface area contributed by atoms with Gasteiger partial charge in [0, 0.05) is 56.4 Å². The van der Waals surface area contributed by atoms with Crippen LogP contribution in [0.1, 0.15) is 63.4 Å². The minimum absolute atomic E-state index is 0. The van der Waals surface area contributed by atoms with Gasteiger partial charge in [0.2, 0.25) is 5.91 Å². The predicted octanol–water partition coefficient (Wildman–Crippen LogP) is 4.13. The molecule has 3 fully saturated rings. The van der Waals surface area contributed by atoms with Crippen LogP contribution in [0.25, 0.3) is 0 Å². The maximum atomic E-state index is 13.9. The van der Waals surface area contributed by atoms with Crippen LogP contribution in [0.15, 0.2) is 24.3 Å². The first-order valence-electron chi connectivity index (χ1n) is 14.5. The smallest absolute Gasteiger partial charge is 0.240 e. The number of nitrogens with zero attached hydrogens (tertiary/aromatic N) is 3. The molecule has 0 unspecified atom stereocenters. The molecule has 38 heavy (non-hydrogen) atoms. The van der Waals surface area contributed by atoms with Gasteiger partial charge in [-0.3, -0.25) is 9.69 Å². The van der Waals surface area contributed by atoms with Crippen molar-refractivity contribution in [3.63, 3.8) is 0 Å². The van der Waals surface area contributed by atoms with Crippen molar-refractivity contribution in [2.45, 2.75) is 88.4 Å². The number of halogens is 2. The number of piperidine rings is 2. The Morgan fingerprint density at radius 1 is 1.03 bits per heavy atom. The Hall–Kier alpha value is -0.930.